The lowest BCUT2D eigenvalue weighted by molar-refractivity contribution is 0.252. The molecular formula is C20H25NO4. The van der Waals surface area contributed by atoms with Crippen LogP contribution in [-0.4, -0.2) is 32.0 Å². The monoisotopic (exact) mass is 343 g/mol. The average molecular weight is 343 g/mol. The molecule has 5 nitrogen and oxygen atoms in total. The molecule has 0 saturated carbocycles. The lowest BCUT2D eigenvalue weighted by Gasteiger charge is -2.15. The molecule has 5 heteroatoms. The van der Waals surface area contributed by atoms with Crippen molar-refractivity contribution in [3.05, 3.63) is 47.0 Å². The maximum absolute atomic E-state index is 9.08. The second-order valence-corrected chi connectivity index (χ2v) is 6.27. The van der Waals surface area contributed by atoms with E-state index in [1.54, 1.807) is 14.2 Å². The molecule has 1 aliphatic heterocycles. The van der Waals surface area contributed by atoms with Gasteiger partial charge in [0.05, 0.1) is 19.9 Å². The Hall–Kier alpha value is -2.40. The zero-order valence-corrected chi connectivity index (χ0v) is 15.0. The third-order valence-electron chi connectivity index (χ3n) is 4.41. The molecule has 0 amide bonds. The topological polar surface area (TPSA) is 60.0 Å². The first-order valence-corrected chi connectivity index (χ1v) is 8.52. The van der Waals surface area contributed by atoms with Crippen LogP contribution in [0, 0.1) is 0 Å². The first kappa shape index (κ1) is 17.4. The van der Waals surface area contributed by atoms with Crippen molar-refractivity contribution < 1.29 is 19.3 Å². The SMILES string of the molecule is COc1cc(CNc2ccc(CCO)cc2OC)c2c(c1)CC(C)O2. The van der Waals surface area contributed by atoms with Gasteiger partial charge in [0.15, 0.2) is 0 Å². The highest BCUT2D eigenvalue weighted by Crippen LogP contribution is 2.37. The van der Waals surface area contributed by atoms with Crippen LogP contribution in [0.3, 0.4) is 0 Å². The number of nitrogens with one attached hydrogen (secondary N) is 1. The normalized spacial score (nSPS) is 15.4. The molecule has 0 radical (unpaired) electrons. The van der Waals surface area contributed by atoms with Gasteiger partial charge in [0.2, 0.25) is 0 Å². The minimum atomic E-state index is 0.126. The summed E-state index contributed by atoms with van der Waals surface area (Å²) in [6.45, 7) is 2.82. The first-order valence-electron chi connectivity index (χ1n) is 8.52. The Labute approximate surface area is 148 Å². The standard InChI is InChI=1S/C20H25NO4/c1-13-8-15-10-17(23-2)11-16(20(15)25-13)12-21-18-5-4-14(6-7-22)9-19(18)24-3/h4-5,9-11,13,21-22H,6-8,12H2,1-3H3. The third-order valence-corrected chi connectivity index (χ3v) is 4.41. The van der Waals surface area contributed by atoms with Crippen LogP contribution in [0.2, 0.25) is 0 Å². The van der Waals surface area contributed by atoms with Crippen molar-refractivity contribution in [2.24, 2.45) is 0 Å². The molecule has 0 spiro atoms. The van der Waals surface area contributed by atoms with E-state index in [1.807, 2.05) is 30.3 Å². The summed E-state index contributed by atoms with van der Waals surface area (Å²) < 4.78 is 16.9. The molecule has 1 atom stereocenters. The van der Waals surface area contributed by atoms with Crippen molar-refractivity contribution >= 4 is 5.69 Å². The van der Waals surface area contributed by atoms with Crippen molar-refractivity contribution in [1.82, 2.24) is 0 Å². The first-order chi connectivity index (χ1) is 12.1. The molecule has 2 N–H and O–H groups in total. The van der Waals surface area contributed by atoms with Crippen molar-refractivity contribution in [2.75, 3.05) is 26.1 Å². The second kappa shape index (κ2) is 7.66. The molecule has 0 aliphatic carbocycles. The fourth-order valence-electron chi connectivity index (χ4n) is 3.18. The summed E-state index contributed by atoms with van der Waals surface area (Å²) in [5.74, 6) is 2.56. The van der Waals surface area contributed by atoms with E-state index >= 15 is 0 Å². The Balaban J connectivity index is 1.81. The van der Waals surface area contributed by atoms with E-state index in [2.05, 4.69) is 12.2 Å². The van der Waals surface area contributed by atoms with E-state index in [1.165, 1.54) is 5.56 Å². The highest BCUT2D eigenvalue weighted by molar-refractivity contribution is 5.59. The smallest absolute Gasteiger partial charge is 0.142 e. The minimum Gasteiger partial charge on any atom is -0.497 e. The van der Waals surface area contributed by atoms with Gasteiger partial charge in [0, 0.05) is 30.7 Å². The Kier molecular flexibility index (Phi) is 5.34. The molecule has 1 aliphatic rings. The zero-order chi connectivity index (χ0) is 17.8. The van der Waals surface area contributed by atoms with Crippen molar-refractivity contribution in [2.45, 2.75) is 32.4 Å². The molecule has 134 valence electrons. The molecule has 0 bridgehead atoms. The summed E-state index contributed by atoms with van der Waals surface area (Å²) in [5, 5.41) is 12.5. The predicted molar refractivity (Wildman–Crippen MR) is 97.9 cm³/mol. The van der Waals surface area contributed by atoms with Gasteiger partial charge in [0.1, 0.15) is 23.4 Å². The highest BCUT2D eigenvalue weighted by atomic mass is 16.5. The summed E-state index contributed by atoms with van der Waals surface area (Å²) in [6.07, 6.45) is 1.71. The Morgan fingerprint density at radius 1 is 1.20 bits per heavy atom. The molecule has 25 heavy (non-hydrogen) atoms. The Bertz CT molecular complexity index is 745. The maximum atomic E-state index is 9.08. The van der Waals surface area contributed by atoms with Gasteiger partial charge in [0.25, 0.3) is 0 Å². The third kappa shape index (κ3) is 3.82. The summed E-state index contributed by atoms with van der Waals surface area (Å²) >= 11 is 0. The van der Waals surface area contributed by atoms with Gasteiger partial charge in [-0.05, 0) is 43.2 Å². The number of benzene rings is 2. The van der Waals surface area contributed by atoms with Crippen LogP contribution in [0.4, 0.5) is 5.69 Å². The van der Waals surface area contributed by atoms with E-state index in [-0.39, 0.29) is 12.7 Å². The quantitative estimate of drug-likeness (QED) is 0.809. The summed E-state index contributed by atoms with van der Waals surface area (Å²) in [4.78, 5) is 0. The summed E-state index contributed by atoms with van der Waals surface area (Å²) in [5.41, 5.74) is 4.21. The van der Waals surface area contributed by atoms with Crippen LogP contribution in [0.5, 0.6) is 17.2 Å². The molecule has 2 aromatic rings. The van der Waals surface area contributed by atoms with E-state index in [0.29, 0.717) is 13.0 Å². The molecule has 1 heterocycles. The summed E-state index contributed by atoms with van der Waals surface area (Å²) in [6, 6.07) is 9.99. The fraction of sp³-hybridized carbons (Fsp3) is 0.400. The number of hydrogen-bond acceptors (Lipinski definition) is 5. The molecule has 0 aromatic heterocycles. The van der Waals surface area contributed by atoms with Crippen LogP contribution < -0.4 is 19.5 Å². The molecule has 2 aromatic carbocycles. The van der Waals surface area contributed by atoms with Crippen LogP contribution >= 0.6 is 0 Å². The van der Waals surface area contributed by atoms with E-state index < -0.39 is 0 Å². The van der Waals surface area contributed by atoms with Crippen LogP contribution in [0.15, 0.2) is 30.3 Å². The van der Waals surface area contributed by atoms with Crippen molar-refractivity contribution in [3.8, 4) is 17.2 Å². The fourth-order valence-corrected chi connectivity index (χ4v) is 3.18. The van der Waals surface area contributed by atoms with E-state index in [0.717, 1.165) is 40.5 Å². The number of rotatable bonds is 7. The van der Waals surface area contributed by atoms with Gasteiger partial charge >= 0.3 is 0 Å². The van der Waals surface area contributed by atoms with Crippen LogP contribution in [0.1, 0.15) is 23.6 Å². The minimum absolute atomic E-state index is 0.126. The molecule has 0 fully saturated rings. The zero-order valence-electron chi connectivity index (χ0n) is 15.0. The lowest BCUT2D eigenvalue weighted by Crippen LogP contribution is -2.07. The average Bonchev–Trinajstić information content (AvgIpc) is 3.00. The highest BCUT2D eigenvalue weighted by Gasteiger charge is 2.23. The number of fused-ring (bicyclic) bond motifs is 1. The van der Waals surface area contributed by atoms with Crippen molar-refractivity contribution in [3.63, 3.8) is 0 Å². The van der Waals surface area contributed by atoms with Gasteiger partial charge in [-0.1, -0.05) is 6.07 Å². The van der Waals surface area contributed by atoms with Crippen molar-refractivity contribution in [1.29, 1.82) is 0 Å². The van der Waals surface area contributed by atoms with Gasteiger partial charge < -0.3 is 24.6 Å². The predicted octanol–water partition coefficient (Wildman–Crippen LogP) is 3.17. The molecule has 3 rings (SSSR count). The lowest BCUT2D eigenvalue weighted by atomic mass is 10.1. The van der Waals surface area contributed by atoms with Crippen LogP contribution in [0.25, 0.3) is 0 Å². The van der Waals surface area contributed by atoms with Gasteiger partial charge in [-0.2, -0.15) is 0 Å². The maximum Gasteiger partial charge on any atom is 0.142 e. The second-order valence-electron chi connectivity index (χ2n) is 6.27. The molecule has 1 unspecified atom stereocenters. The van der Waals surface area contributed by atoms with Gasteiger partial charge in [-0.3, -0.25) is 0 Å². The number of hydrogen-bond donors (Lipinski definition) is 2. The molecular weight excluding hydrogens is 318 g/mol. The van der Waals surface area contributed by atoms with Crippen LogP contribution in [-0.2, 0) is 19.4 Å². The van der Waals surface area contributed by atoms with Gasteiger partial charge in [-0.25, -0.2) is 0 Å². The largest absolute Gasteiger partial charge is 0.497 e. The number of anilines is 1. The number of ether oxygens (including phenoxy) is 3. The van der Waals surface area contributed by atoms with Gasteiger partial charge in [-0.15, -0.1) is 0 Å². The molecule has 0 saturated heterocycles. The Morgan fingerprint density at radius 2 is 2.04 bits per heavy atom. The van der Waals surface area contributed by atoms with E-state index in [4.69, 9.17) is 19.3 Å². The number of aliphatic hydroxyl groups is 1. The Morgan fingerprint density at radius 3 is 2.76 bits per heavy atom. The number of aliphatic hydroxyl groups excluding tert-OH is 1. The van der Waals surface area contributed by atoms with E-state index in [9.17, 15) is 0 Å². The number of methoxy groups -OCH3 is 2. The summed E-state index contributed by atoms with van der Waals surface area (Å²) in [7, 11) is 3.33.